The molecule has 0 saturated heterocycles. The minimum Gasteiger partial charge on any atom is -0.352 e. The predicted octanol–water partition coefficient (Wildman–Crippen LogP) is 4.05. The van der Waals surface area contributed by atoms with Crippen LogP contribution in [0.5, 0.6) is 0 Å². The number of nitrogens with one attached hydrogen (secondary N) is 3. The molecule has 0 bridgehead atoms. The Bertz CT molecular complexity index is 764. The zero-order chi connectivity index (χ0) is 23.2. The summed E-state index contributed by atoms with van der Waals surface area (Å²) in [7, 11) is 0. The third-order valence-electron chi connectivity index (χ3n) is 5.42. The van der Waals surface area contributed by atoms with Crippen LogP contribution in [0.25, 0.3) is 0 Å². The van der Waals surface area contributed by atoms with E-state index >= 15 is 0 Å². The minimum absolute atomic E-state index is 0.0197. The van der Waals surface area contributed by atoms with Gasteiger partial charge >= 0.3 is 6.18 Å². The van der Waals surface area contributed by atoms with Crippen LogP contribution >= 0.6 is 0 Å². The normalized spacial score (nSPS) is 19.7. The maximum Gasteiger partial charge on any atom is 0.416 e. The van der Waals surface area contributed by atoms with Crippen molar-refractivity contribution >= 4 is 11.8 Å². The van der Waals surface area contributed by atoms with E-state index in [0.717, 1.165) is 44.4 Å². The van der Waals surface area contributed by atoms with Gasteiger partial charge in [0.15, 0.2) is 0 Å². The number of hydrogen-bond acceptors (Lipinski definition) is 3. The maximum absolute atomic E-state index is 13.0. The summed E-state index contributed by atoms with van der Waals surface area (Å²) in [4.78, 5) is 24.2. The number of carbonyl (C=O) groups excluding carboxylic acids is 2. The molecule has 0 atom stereocenters. The number of amides is 2. The fourth-order valence-corrected chi connectivity index (χ4v) is 3.91. The van der Waals surface area contributed by atoms with Gasteiger partial charge in [0.1, 0.15) is 0 Å². The first-order chi connectivity index (χ1) is 14.3. The van der Waals surface area contributed by atoms with Crippen LogP contribution in [-0.4, -0.2) is 37.0 Å². The number of halogens is 3. The summed E-state index contributed by atoms with van der Waals surface area (Å²) in [6, 6.07) is 3.42. The SMILES string of the molecule is Cc1cc(C(=O)NCC2CCC(CNCC(=O)NC(C)(C)C)CC2)cc(C(F)(F)F)c1. The van der Waals surface area contributed by atoms with Crippen molar-refractivity contribution in [3.05, 3.63) is 34.9 Å². The molecule has 2 amide bonds. The Balaban J connectivity index is 1.72. The summed E-state index contributed by atoms with van der Waals surface area (Å²) in [5, 5.41) is 8.92. The summed E-state index contributed by atoms with van der Waals surface area (Å²) < 4.78 is 38.9. The Morgan fingerprint density at radius 3 is 2.10 bits per heavy atom. The monoisotopic (exact) mass is 441 g/mol. The highest BCUT2D eigenvalue weighted by Crippen LogP contribution is 2.31. The molecular formula is C23H34F3N3O2. The molecule has 2 rings (SSSR count). The van der Waals surface area contributed by atoms with Crippen molar-refractivity contribution in [2.24, 2.45) is 11.8 Å². The fraction of sp³-hybridized carbons (Fsp3) is 0.652. The summed E-state index contributed by atoms with van der Waals surface area (Å²) in [6.07, 6.45) is -0.583. The highest BCUT2D eigenvalue weighted by atomic mass is 19.4. The van der Waals surface area contributed by atoms with Gasteiger partial charge in [-0.05, 0) is 95.5 Å². The van der Waals surface area contributed by atoms with Crippen LogP contribution in [0.4, 0.5) is 13.2 Å². The third-order valence-corrected chi connectivity index (χ3v) is 5.42. The van der Waals surface area contributed by atoms with Gasteiger partial charge in [-0.2, -0.15) is 13.2 Å². The van der Waals surface area contributed by atoms with E-state index in [4.69, 9.17) is 0 Å². The van der Waals surface area contributed by atoms with Gasteiger partial charge in [-0.1, -0.05) is 0 Å². The van der Waals surface area contributed by atoms with E-state index in [2.05, 4.69) is 16.0 Å². The van der Waals surface area contributed by atoms with Crippen LogP contribution in [0.3, 0.4) is 0 Å². The summed E-state index contributed by atoms with van der Waals surface area (Å²) in [5.41, 5.74) is -0.599. The first kappa shape index (κ1) is 25.2. The van der Waals surface area contributed by atoms with Gasteiger partial charge in [0.2, 0.25) is 5.91 Å². The van der Waals surface area contributed by atoms with Gasteiger partial charge < -0.3 is 16.0 Å². The summed E-state index contributed by atoms with van der Waals surface area (Å²) in [6.45, 7) is 8.91. The molecule has 0 heterocycles. The van der Waals surface area contributed by atoms with E-state index in [9.17, 15) is 22.8 Å². The van der Waals surface area contributed by atoms with Crippen molar-refractivity contribution in [3.63, 3.8) is 0 Å². The lowest BCUT2D eigenvalue weighted by molar-refractivity contribution is -0.137. The molecule has 0 radical (unpaired) electrons. The van der Waals surface area contributed by atoms with Crippen molar-refractivity contribution in [1.29, 1.82) is 0 Å². The van der Waals surface area contributed by atoms with Crippen LogP contribution in [0.15, 0.2) is 18.2 Å². The summed E-state index contributed by atoms with van der Waals surface area (Å²) in [5.74, 6) is 0.313. The van der Waals surface area contributed by atoms with Crippen molar-refractivity contribution in [3.8, 4) is 0 Å². The Morgan fingerprint density at radius 1 is 0.968 bits per heavy atom. The van der Waals surface area contributed by atoms with Gasteiger partial charge in [-0.25, -0.2) is 0 Å². The second kappa shape index (κ2) is 10.5. The van der Waals surface area contributed by atoms with Gasteiger partial charge in [0, 0.05) is 17.6 Å². The summed E-state index contributed by atoms with van der Waals surface area (Å²) >= 11 is 0. The second-order valence-electron chi connectivity index (χ2n) is 9.61. The van der Waals surface area contributed by atoms with Crippen molar-refractivity contribution in [2.45, 2.75) is 65.1 Å². The molecule has 0 unspecified atom stereocenters. The lowest BCUT2D eigenvalue weighted by atomic mass is 9.82. The second-order valence-corrected chi connectivity index (χ2v) is 9.61. The van der Waals surface area contributed by atoms with Gasteiger partial charge in [0.05, 0.1) is 12.1 Å². The van der Waals surface area contributed by atoms with Crippen LogP contribution < -0.4 is 16.0 Å². The van der Waals surface area contributed by atoms with Gasteiger partial charge in [0.25, 0.3) is 5.91 Å². The number of benzene rings is 1. The van der Waals surface area contributed by atoms with E-state index in [0.29, 0.717) is 30.5 Å². The number of aryl methyl sites for hydroxylation is 1. The van der Waals surface area contributed by atoms with Gasteiger partial charge in [-0.3, -0.25) is 9.59 Å². The van der Waals surface area contributed by atoms with Crippen LogP contribution in [0.1, 0.15) is 67.9 Å². The molecule has 174 valence electrons. The number of carbonyl (C=O) groups is 2. The Kier molecular flexibility index (Phi) is 8.51. The first-order valence-electron chi connectivity index (χ1n) is 10.8. The molecule has 1 aliphatic rings. The van der Waals surface area contributed by atoms with E-state index < -0.39 is 17.6 Å². The number of hydrogen-bond donors (Lipinski definition) is 3. The first-order valence-corrected chi connectivity index (χ1v) is 10.8. The highest BCUT2D eigenvalue weighted by Gasteiger charge is 2.31. The molecule has 31 heavy (non-hydrogen) atoms. The average molecular weight is 442 g/mol. The predicted molar refractivity (Wildman–Crippen MR) is 115 cm³/mol. The zero-order valence-electron chi connectivity index (χ0n) is 18.8. The van der Waals surface area contributed by atoms with E-state index in [-0.39, 0.29) is 17.0 Å². The zero-order valence-corrected chi connectivity index (χ0v) is 18.8. The molecule has 1 aliphatic carbocycles. The van der Waals surface area contributed by atoms with Crippen molar-refractivity contribution in [1.82, 2.24) is 16.0 Å². The van der Waals surface area contributed by atoms with E-state index in [1.54, 1.807) is 6.92 Å². The lowest BCUT2D eigenvalue weighted by Gasteiger charge is -2.29. The Morgan fingerprint density at radius 2 is 1.55 bits per heavy atom. The Hall–Kier alpha value is -2.09. The lowest BCUT2D eigenvalue weighted by Crippen LogP contribution is -2.45. The minimum atomic E-state index is -4.47. The molecule has 5 nitrogen and oxygen atoms in total. The van der Waals surface area contributed by atoms with Crippen molar-refractivity contribution < 1.29 is 22.8 Å². The molecule has 1 saturated carbocycles. The third kappa shape index (κ3) is 8.89. The van der Waals surface area contributed by atoms with Crippen LogP contribution in [0, 0.1) is 18.8 Å². The van der Waals surface area contributed by atoms with Gasteiger partial charge in [-0.15, -0.1) is 0 Å². The molecule has 0 aliphatic heterocycles. The number of rotatable bonds is 7. The molecule has 1 aromatic carbocycles. The molecule has 1 fully saturated rings. The molecule has 0 spiro atoms. The van der Waals surface area contributed by atoms with Crippen molar-refractivity contribution in [2.75, 3.05) is 19.6 Å². The average Bonchev–Trinajstić information content (AvgIpc) is 2.64. The van der Waals surface area contributed by atoms with Crippen LogP contribution in [-0.2, 0) is 11.0 Å². The molecule has 8 heteroatoms. The number of alkyl halides is 3. The van der Waals surface area contributed by atoms with Crippen LogP contribution in [0.2, 0.25) is 0 Å². The van der Waals surface area contributed by atoms with E-state index in [1.165, 1.54) is 6.07 Å². The molecule has 0 aromatic heterocycles. The largest absolute Gasteiger partial charge is 0.416 e. The molecule has 3 N–H and O–H groups in total. The molecule has 1 aromatic rings. The standard InChI is InChI=1S/C23H34F3N3O2/c1-15-9-18(11-19(10-15)23(24,25)26)21(31)28-13-17-7-5-16(6-8-17)12-27-14-20(30)29-22(2,3)4/h9-11,16-17,27H,5-8,12-14H2,1-4H3,(H,28,31)(H,29,30). The topological polar surface area (TPSA) is 70.2 Å². The molecular weight excluding hydrogens is 407 g/mol. The van der Waals surface area contributed by atoms with E-state index in [1.807, 2.05) is 20.8 Å². The highest BCUT2D eigenvalue weighted by molar-refractivity contribution is 5.94. The Labute approximate surface area is 182 Å². The quantitative estimate of drug-likeness (QED) is 0.598. The fourth-order valence-electron chi connectivity index (χ4n) is 3.91. The smallest absolute Gasteiger partial charge is 0.352 e. The maximum atomic E-state index is 13.0.